The predicted octanol–water partition coefficient (Wildman–Crippen LogP) is 1.56. The van der Waals surface area contributed by atoms with E-state index in [0.29, 0.717) is 18.8 Å². The Kier molecular flexibility index (Phi) is 3.47. The summed E-state index contributed by atoms with van der Waals surface area (Å²) in [5.74, 6) is 0. The first-order chi connectivity index (χ1) is 7.94. The molecule has 0 amide bonds. The highest BCUT2D eigenvalue weighted by molar-refractivity contribution is 7.89. The number of sulfonamides is 1. The summed E-state index contributed by atoms with van der Waals surface area (Å²) >= 11 is 6.01. The first kappa shape index (κ1) is 12.9. The molecule has 1 aromatic rings. The van der Waals surface area contributed by atoms with Crippen LogP contribution < -0.4 is 0 Å². The highest BCUT2D eigenvalue weighted by Gasteiger charge is 2.31. The second kappa shape index (κ2) is 4.59. The van der Waals surface area contributed by atoms with Gasteiger partial charge in [-0.2, -0.15) is 9.40 Å². The van der Waals surface area contributed by atoms with Gasteiger partial charge in [0.25, 0.3) is 0 Å². The van der Waals surface area contributed by atoms with E-state index < -0.39 is 10.0 Å². The van der Waals surface area contributed by atoms with Crippen LogP contribution in [0.4, 0.5) is 0 Å². The summed E-state index contributed by atoms with van der Waals surface area (Å²) in [5, 5.41) is 4.24. The van der Waals surface area contributed by atoms with E-state index in [9.17, 15) is 8.42 Å². The minimum Gasteiger partial charge on any atom is -0.255 e. The molecular formula is C10H16ClN3O2S. The van der Waals surface area contributed by atoms with Gasteiger partial charge in [-0.05, 0) is 19.8 Å². The van der Waals surface area contributed by atoms with Gasteiger partial charge in [0.2, 0.25) is 10.0 Å². The molecule has 1 aromatic heterocycles. The number of halogens is 1. The van der Waals surface area contributed by atoms with E-state index >= 15 is 0 Å². The molecule has 1 fully saturated rings. The van der Waals surface area contributed by atoms with Crippen molar-refractivity contribution in [3.8, 4) is 0 Å². The zero-order valence-electron chi connectivity index (χ0n) is 9.98. The van der Waals surface area contributed by atoms with Gasteiger partial charge in [-0.1, -0.05) is 18.0 Å². The van der Waals surface area contributed by atoms with Crippen LogP contribution in [0.25, 0.3) is 0 Å². The smallest absolute Gasteiger partial charge is 0.248 e. The fourth-order valence-corrected chi connectivity index (χ4v) is 4.36. The molecule has 0 atom stereocenters. The van der Waals surface area contributed by atoms with Crippen molar-refractivity contribution in [2.45, 2.75) is 31.1 Å². The van der Waals surface area contributed by atoms with Crippen LogP contribution in [0.5, 0.6) is 0 Å². The maximum absolute atomic E-state index is 12.4. The second-order valence-corrected chi connectivity index (χ2v) is 6.53. The highest BCUT2D eigenvalue weighted by atomic mass is 35.5. The van der Waals surface area contributed by atoms with E-state index in [1.54, 1.807) is 14.0 Å². The van der Waals surface area contributed by atoms with Crippen LogP contribution in [0.2, 0.25) is 5.15 Å². The zero-order chi connectivity index (χ0) is 12.6. The molecule has 5 nitrogen and oxygen atoms in total. The van der Waals surface area contributed by atoms with Crippen molar-refractivity contribution in [3.63, 3.8) is 0 Å². The van der Waals surface area contributed by atoms with Crippen LogP contribution in [-0.4, -0.2) is 35.6 Å². The molecule has 1 aliphatic rings. The Morgan fingerprint density at radius 2 is 1.82 bits per heavy atom. The Bertz CT molecular complexity index is 518. The lowest BCUT2D eigenvalue weighted by Gasteiger charge is -2.25. The maximum Gasteiger partial charge on any atom is 0.248 e. The van der Waals surface area contributed by atoms with E-state index in [4.69, 9.17) is 11.6 Å². The number of nitrogens with zero attached hydrogens (tertiary/aromatic N) is 3. The number of aromatic nitrogens is 2. The quantitative estimate of drug-likeness (QED) is 0.824. The van der Waals surface area contributed by atoms with Crippen LogP contribution in [0.1, 0.15) is 25.0 Å². The number of piperidine rings is 1. The molecule has 1 aliphatic heterocycles. The van der Waals surface area contributed by atoms with Crippen molar-refractivity contribution in [1.82, 2.24) is 14.1 Å². The molecule has 0 N–H and O–H groups in total. The van der Waals surface area contributed by atoms with Crippen molar-refractivity contribution < 1.29 is 8.42 Å². The average Bonchev–Trinajstić information content (AvgIpc) is 2.54. The minimum absolute atomic E-state index is 0.156. The molecule has 96 valence electrons. The zero-order valence-corrected chi connectivity index (χ0v) is 11.6. The Hall–Kier alpha value is -0.590. The SMILES string of the molecule is Cc1nn(C)c(Cl)c1S(=O)(=O)N1CCCCC1. The van der Waals surface area contributed by atoms with Crippen LogP contribution in [0.3, 0.4) is 0 Å². The summed E-state index contributed by atoms with van der Waals surface area (Å²) < 4.78 is 27.8. The maximum atomic E-state index is 12.4. The molecule has 0 unspecified atom stereocenters. The van der Waals surface area contributed by atoms with Crippen molar-refractivity contribution in [2.75, 3.05) is 13.1 Å². The Morgan fingerprint density at radius 1 is 1.24 bits per heavy atom. The number of hydrogen-bond acceptors (Lipinski definition) is 3. The Morgan fingerprint density at radius 3 is 2.29 bits per heavy atom. The summed E-state index contributed by atoms with van der Waals surface area (Å²) in [5.41, 5.74) is 0.461. The summed E-state index contributed by atoms with van der Waals surface area (Å²) in [6.07, 6.45) is 2.91. The van der Waals surface area contributed by atoms with Gasteiger partial charge in [0.05, 0.1) is 5.69 Å². The first-order valence-corrected chi connectivity index (χ1v) is 7.45. The lowest BCUT2D eigenvalue weighted by atomic mass is 10.2. The number of aryl methyl sites for hydroxylation is 2. The van der Waals surface area contributed by atoms with Gasteiger partial charge in [-0.3, -0.25) is 4.68 Å². The summed E-state index contributed by atoms with van der Waals surface area (Å²) in [7, 11) is -1.84. The molecule has 0 spiro atoms. The van der Waals surface area contributed by atoms with Crippen LogP contribution >= 0.6 is 11.6 Å². The van der Waals surface area contributed by atoms with E-state index in [2.05, 4.69) is 5.10 Å². The minimum atomic E-state index is -3.48. The molecular weight excluding hydrogens is 262 g/mol. The van der Waals surface area contributed by atoms with Gasteiger partial charge >= 0.3 is 0 Å². The third-order valence-electron chi connectivity index (χ3n) is 3.01. The topological polar surface area (TPSA) is 55.2 Å². The first-order valence-electron chi connectivity index (χ1n) is 5.64. The molecule has 2 rings (SSSR count). The fourth-order valence-electron chi connectivity index (χ4n) is 2.14. The van der Waals surface area contributed by atoms with Crippen LogP contribution in [0.15, 0.2) is 4.90 Å². The molecule has 0 saturated carbocycles. The van der Waals surface area contributed by atoms with Crippen molar-refractivity contribution >= 4 is 21.6 Å². The van der Waals surface area contributed by atoms with E-state index in [1.807, 2.05) is 0 Å². The molecule has 7 heteroatoms. The Labute approximate surface area is 106 Å². The molecule has 17 heavy (non-hydrogen) atoms. The van der Waals surface area contributed by atoms with Gasteiger partial charge in [-0.25, -0.2) is 8.42 Å². The lowest BCUT2D eigenvalue weighted by molar-refractivity contribution is 0.346. The summed E-state index contributed by atoms with van der Waals surface area (Å²) in [4.78, 5) is 0.156. The lowest BCUT2D eigenvalue weighted by Crippen LogP contribution is -2.35. The van der Waals surface area contributed by atoms with E-state index in [-0.39, 0.29) is 10.0 Å². The standard InChI is InChI=1S/C10H16ClN3O2S/c1-8-9(10(11)13(2)12-8)17(15,16)14-6-4-3-5-7-14/h3-7H2,1-2H3. The normalized spacial score (nSPS) is 18.5. The number of hydrogen-bond donors (Lipinski definition) is 0. The van der Waals surface area contributed by atoms with Crippen molar-refractivity contribution in [1.29, 1.82) is 0 Å². The molecule has 0 bridgehead atoms. The Balaban J connectivity index is 2.43. The molecule has 0 radical (unpaired) electrons. The van der Waals surface area contributed by atoms with Crippen molar-refractivity contribution in [3.05, 3.63) is 10.8 Å². The van der Waals surface area contributed by atoms with Crippen LogP contribution in [-0.2, 0) is 17.1 Å². The third kappa shape index (κ3) is 2.21. The van der Waals surface area contributed by atoms with Crippen LogP contribution in [0, 0.1) is 6.92 Å². The van der Waals surface area contributed by atoms with Gasteiger partial charge < -0.3 is 0 Å². The number of rotatable bonds is 2. The highest BCUT2D eigenvalue weighted by Crippen LogP contribution is 2.28. The van der Waals surface area contributed by atoms with Crippen molar-refractivity contribution in [2.24, 2.45) is 7.05 Å². The molecule has 0 aliphatic carbocycles. The van der Waals surface area contributed by atoms with Gasteiger partial charge in [0.1, 0.15) is 10.0 Å². The predicted molar refractivity (Wildman–Crippen MR) is 65.6 cm³/mol. The molecule has 2 heterocycles. The van der Waals surface area contributed by atoms with Gasteiger partial charge in [0.15, 0.2) is 0 Å². The third-order valence-corrected chi connectivity index (χ3v) is 5.61. The largest absolute Gasteiger partial charge is 0.255 e. The monoisotopic (exact) mass is 277 g/mol. The second-order valence-electron chi connectivity index (χ2n) is 4.29. The fraction of sp³-hybridized carbons (Fsp3) is 0.700. The molecule has 0 aromatic carbocycles. The van der Waals surface area contributed by atoms with E-state index in [1.165, 1.54) is 8.99 Å². The van der Waals surface area contributed by atoms with E-state index in [0.717, 1.165) is 19.3 Å². The average molecular weight is 278 g/mol. The van der Waals surface area contributed by atoms with Gasteiger partial charge in [0, 0.05) is 20.1 Å². The summed E-state index contributed by atoms with van der Waals surface area (Å²) in [6, 6.07) is 0. The summed E-state index contributed by atoms with van der Waals surface area (Å²) in [6.45, 7) is 2.82. The molecule has 1 saturated heterocycles. The van der Waals surface area contributed by atoms with Gasteiger partial charge in [-0.15, -0.1) is 0 Å².